The van der Waals surface area contributed by atoms with Crippen LogP contribution in [0.4, 0.5) is 34.1 Å². The highest BCUT2D eigenvalue weighted by molar-refractivity contribution is 5.87. The van der Waals surface area contributed by atoms with Crippen LogP contribution < -0.4 is 9.80 Å². The first-order valence-electron chi connectivity index (χ1n) is 18.8. The summed E-state index contributed by atoms with van der Waals surface area (Å²) < 4.78 is 0. The largest absolute Gasteiger partial charge is 0.310 e. The van der Waals surface area contributed by atoms with E-state index in [0.717, 1.165) is 25.7 Å². The van der Waals surface area contributed by atoms with Gasteiger partial charge in [0.1, 0.15) is 0 Å². The molecule has 0 saturated carbocycles. The fraction of sp³-hybridized carbons (Fsp3) is 0.160. The molecular formula is C50H42N2. The number of anilines is 6. The summed E-state index contributed by atoms with van der Waals surface area (Å²) in [6.45, 7) is 4.71. The standard InChI is InChI=1S/C50H42N2/c1-49(2)45-21-13-12-20-43(45)44-32-40(26-27-46(44)49)52(39-18-10-5-11-19-39)42-25-23-36-29-31-50(48(36)34-42)30-28-35-22-24-41(33-47(35)50)51(37-14-6-3-7-15-37)38-16-8-4-9-17-38/h3-27,32-34H,28-31H2,1-2H3/t50-/m1/s1. The average molecular weight is 671 g/mol. The fourth-order valence-corrected chi connectivity index (χ4v) is 9.71. The van der Waals surface area contributed by atoms with E-state index in [0.29, 0.717) is 0 Å². The Balaban J connectivity index is 1.10. The Morgan fingerprint density at radius 1 is 0.365 bits per heavy atom. The summed E-state index contributed by atoms with van der Waals surface area (Å²) in [5.74, 6) is 0. The predicted molar refractivity (Wildman–Crippen MR) is 217 cm³/mol. The van der Waals surface area contributed by atoms with Gasteiger partial charge in [0, 0.05) is 45.0 Å². The van der Waals surface area contributed by atoms with Crippen LogP contribution in [0.5, 0.6) is 0 Å². The molecule has 3 aliphatic carbocycles. The van der Waals surface area contributed by atoms with Gasteiger partial charge in [-0.25, -0.2) is 0 Å². The van der Waals surface area contributed by atoms with Gasteiger partial charge in [-0.05, 0) is 143 Å². The summed E-state index contributed by atoms with van der Waals surface area (Å²) in [5, 5.41) is 0. The number of rotatable bonds is 6. The minimum atomic E-state index is -0.0205. The van der Waals surface area contributed by atoms with Crippen LogP contribution in [0.25, 0.3) is 11.1 Å². The van der Waals surface area contributed by atoms with Crippen LogP contribution in [-0.4, -0.2) is 0 Å². The molecule has 0 N–H and O–H groups in total. The predicted octanol–water partition coefficient (Wildman–Crippen LogP) is 13.1. The summed E-state index contributed by atoms with van der Waals surface area (Å²) in [6, 6.07) is 63.1. The zero-order valence-electron chi connectivity index (χ0n) is 29.9. The highest BCUT2D eigenvalue weighted by Crippen LogP contribution is 2.55. The van der Waals surface area contributed by atoms with Crippen molar-refractivity contribution < 1.29 is 0 Å². The fourth-order valence-electron chi connectivity index (χ4n) is 9.71. The van der Waals surface area contributed by atoms with E-state index in [4.69, 9.17) is 0 Å². The number of nitrogens with zero attached hydrogens (tertiary/aromatic N) is 2. The van der Waals surface area contributed by atoms with Gasteiger partial charge < -0.3 is 9.80 Å². The Morgan fingerprint density at radius 2 is 0.788 bits per heavy atom. The minimum absolute atomic E-state index is 0.00100. The smallest absolute Gasteiger partial charge is 0.0468 e. The van der Waals surface area contributed by atoms with Gasteiger partial charge in [0.05, 0.1) is 0 Å². The highest BCUT2D eigenvalue weighted by Gasteiger charge is 2.45. The second-order valence-corrected chi connectivity index (χ2v) is 15.3. The number of hydrogen-bond donors (Lipinski definition) is 0. The lowest BCUT2D eigenvalue weighted by atomic mass is 9.76. The van der Waals surface area contributed by atoms with Crippen molar-refractivity contribution in [3.8, 4) is 11.1 Å². The van der Waals surface area contributed by atoms with E-state index in [1.54, 1.807) is 0 Å². The molecule has 0 aromatic heterocycles. The van der Waals surface area contributed by atoms with Gasteiger partial charge in [-0.2, -0.15) is 0 Å². The van der Waals surface area contributed by atoms with Crippen molar-refractivity contribution in [1.82, 2.24) is 0 Å². The maximum atomic E-state index is 2.54. The molecule has 7 aromatic carbocycles. The molecule has 252 valence electrons. The average Bonchev–Trinajstić information content (AvgIpc) is 3.83. The SMILES string of the molecule is CC1(C)c2ccccc2-c2cc(N(c3ccccc3)c3ccc4c(c3)[C@]3(CCc5ccc(N(c6ccccc6)c6ccccc6)cc53)CC4)ccc21. The van der Waals surface area contributed by atoms with E-state index in [1.807, 2.05) is 0 Å². The Morgan fingerprint density at radius 3 is 1.33 bits per heavy atom. The van der Waals surface area contributed by atoms with E-state index in [-0.39, 0.29) is 10.8 Å². The van der Waals surface area contributed by atoms with Crippen molar-refractivity contribution in [3.05, 3.63) is 203 Å². The normalized spacial score (nSPS) is 17.3. The quantitative estimate of drug-likeness (QED) is 0.174. The molecular weight excluding hydrogens is 629 g/mol. The molecule has 2 heteroatoms. The maximum absolute atomic E-state index is 2.54. The Kier molecular flexibility index (Phi) is 7.05. The molecule has 10 rings (SSSR count). The molecule has 1 spiro atoms. The highest BCUT2D eigenvalue weighted by atomic mass is 15.1. The van der Waals surface area contributed by atoms with E-state index in [1.165, 1.54) is 78.6 Å². The molecule has 2 nitrogen and oxygen atoms in total. The summed E-state index contributed by atoms with van der Waals surface area (Å²) in [6.07, 6.45) is 4.51. The van der Waals surface area contributed by atoms with Gasteiger partial charge in [-0.15, -0.1) is 0 Å². The first-order chi connectivity index (χ1) is 25.5. The molecule has 0 amide bonds. The lowest BCUT2D eigenvalue weighted by Gasteiger charge is -2.32. The van der Waals surface area contributed by atoms with E-state index in [9.17, 15) is 0 Å². The molecule has 0 radical (unpaired) electrons. The zero-order chi connectivity index (χ0) is 34.9. The summed E-state index contributed by atoms with van der Waals surface area (Å²) in [5.41, 5.74) is 18.6. The van der Waals surface area contributed by atoms with Crippen molar-refractivity contribution in [3.63, 3.8) is 0 Å². The van der Waals surface area contributed by atoms with Crippen LogP contribution >= 0.6 is 0 Å². The van der Waals surface area contributed by atoms with Crippen molar-refractivity contribution >= 4 is 34.1 Å². The molecule has 7 aromatic rings. The van der Waals surface area contributed by atoms with Crippen LogP contribution in [0.3, 0.4) is 0 Å². The summed E-state index contributed by atoms with van der Waals surface area (Å²) in [4.78, 5) is 4.88. The molecule has 52 heavy (non-hydrogen) atoms. The Hall–Kier alpha value is -5.86. The number of aryl methyl sites for hydroxylation is 2. The van der Waals surface area contributed by atoms with Crippen molar-refractivity contribution in [2.45, 2.75) is 50.4 Å². The number of benzene rings is 7. The van der Waals surface area contributed by atoms with Crippen molar-refractivity contribution in [1.29, 1.82) is 0 Å². The molecule has 0 aliphatic heterocycles. The number of hydrogen-bond acceptors (Lipinski definition) is 2. The van der Waals surface area contributed by atoms with Gasteiger partial charge in [0.25, 0.3) is 0 Å². The second kappa shape index (κ2) is 11.9. The molecule has 1 atom stereocenters. The van der Waals surface area contributed by atoms with Crippen molar-refractivity contribution in [2.24, 2.45) is 0 Å². The molecule has 0 heterocycles. The molecule has 0 bridgehead atoms. The molecule has 0 unspecified atom stereocenters. The van der Waals surface area contributed by atoms with Gasteiger partial charge in [0.2, 0.25) is 0 Å². The lowest BCUT2D eigenvalue weighted by molar-refractivity contribution is 0.507. The van der Waals surface area contributed by atoms with Crippen LogP contribution in [-0.2, 0) is 23.7 Å². The molecule has 0 saturated heterocycles. The third kappa shape index (κ3) is 4.70. The first kappa shape index (κ1) is 30.9. The third-order valence-corrected chi connectivity index (χ3v) is 12.2. The Labute approximate surface area is 307 Å². The van der Waals surface area contributed by atoms with Crippen LogP contribution in [0.1, 0.15) is 60.1 Å². The van der Waals surface area contributed by atoms with Crippen LogP contribution in [0.15, 0.2) is 170 Å². The molecule has 3 aliphatic rings. The van der Waals surface area contributed by atoms with Crippen LogP contribution in [0.2, 0.25) is 0 Å². The van der Waals surface area contributed by atoms with E-state index >= 15 is 0 Å². The lowest BCUT2D eigenvalue weighted by Crippen LogP contribution is -2.22. The van der Waals surface area contributed by atoms with Gasteiger partial charge >= 0.3 is 0 Å². The zero-order valence-corrected chi connectivity index (χ0v) is 29.9. The second-order valence-electron chi connectivity index (χ2n) is 15.3. The maximum Gasteiger partial charge on any atom is 0.0468 e. The third-order valence-electron chi connectivity index (χ3n) is 12.2. The van der Waals surface area contributed by atoms with Crippen molar-refractivity contribution in [2.75, 3.05) is 9.80 Å². The first-order valence-corrected chi connectivity index (χ1v) is 18.8. The number of fused-ring (bicyclic) bond motifs is 7. The van der Waals surface area contributed by atoms with E-state index < -0.39 is 0 Å². The minimum Gasteiger partial charge on any atom is -0.310 e. The topological polar surface area (TPSA) is 6.48 Å². The molecule has 0 fully saturated rings. The van der Waals surface area contributed by atoms with E-state index in [2.05, 4.69) is 194 Å². The van der Waals surface area contributed by atoms with Gasteiger partial charge in [0.15, 0.2) is 0 Å². The number of para-hydroxylation sites is 3. The summed E-state index contributed by atoms with van der Waals surface area (Å²) in [7, 11) is 0. The van der Waals surface area contributed by atoms with Gasteiger partial charge in [-0.3, -0.25) is 0 Å². The van der Waals surface area contributed by atoms with Gasteiger partial charge in [-0.1, -0.05) is 111 Å². The monoisotopic (exact) mass is 670 g/mol. The summed E-state index contributed by atoms with van der Waals surface area (Å²) >= 11 is 0. The Bertz CT molecular complexity index is 2400. The van der Waals surface area contributed by atoms with Crippen LogP contribution in [0, 0.1) is 0 Å².